The molecule has 3 aromatic heterocycles. The molecule has 0 aliphatic heterocycles. The molecule has 0 aliphatic carbocycles. The third-order valence-corrected chi connectivity index (χ3v) is 5.03. The van der Waals surface area contributed by atoms with Crippen LogP contribution >= 0.6 is 0 Å². The molecule has 7 nitrogen and oxygen atoms in total. The van der Waals surface area contributed by atoms with Crippen LogP contribution in [0, 0.1) is 5.82 Å². The minimum atomic E-state index is -2.91. The third kappa shape index (κ3) is 3.88. The summed E-state index contributed by atoms with van der Waals surface area (Å²) < 4.78 is 44.0. The second-order valence-electron chi connectivity index (χ2n) is 7.03. The summed E-state index contributed by atoms with van der Waals surface area (Å²) in [5.74, 6) is -0.584. The Labute approximate surface area is 175 Å². The van der Waals surface area contributed by atoms with Gasteiger partial charge >= 0.3 is 0 Å². The number of halogens is 3. The van der Waals surface area contributed by atoms with Crippen molar-refractivity contribution >= 4 is 16.7 Å². The van der Waals surface area contributed by atoms with E-state index in [0.29, 0.717) is 28.8 Å². The Balaban J connectivity index is 1.79. The summed E-state index contributed by atoms with van der Waals surface area (Å²) in [7, 11) is 1.74. The van der Waals surface area contributed by atoms with Crippen molar-refractivity contribution in [1.29, 1.82) is 0 Å². The van der Waals surface area contributed by atoms with E-state index in [-0.39, 0.29) is 11.1 Å². The second-order valence-corrected chi connectivity index (χ2v) is 7.03. The molecule has 0 aliphatic rings. The van der Waals surface area contributed by atoms with Crippen LogP contribution in [0.5, 0.6) is 0 Å². The number of aryl methyl sites for hydroxylation is 1. The lowest BCUT2D eigenvalue weighted by molar-refractivity contribution is 0.146. The summed E-state index contributed by atoms with van der Waals surface area (Å²) in [5, 5.41) is 7.73. The molecule has 160 valence electrons. The molecule has 4 aromatic rings. The molecule has 0 bridgehead atoms. The average molecular weight is 428 g/mol. The van der Waals surface area contributed by atoms with E-state index < -0.39 is 23.8 Å². The fourth-order valence-electron chi connectivity index (χ4n) is 3.45. The fourth-order valence-corrected chi connectivity index (χ4v) is 3.45. The molecule has 0 saturated heterocycles. The maximum atomic E-state index is 14.7. The number of fused-ring (bicyclic) bond motifs is 1. The minimum absolute atomic E-state index is 0.118. The van der Waals surface area contributed by atoms with Gasteiger partial charge in [0, 0.05) is 31.1 Å². The van der Waals surface area contributed by atoms with Crippen LogP contribution in [0.4, 0.5) is 19.0 Å². The van der Waals surface area contributed by atoms with Gasteiger partial charge in [-0.1, -0.05) is 25.1 Å². The third-order valence-electron chi connectivity index (χ3n) is 5.03. The van der Waals surface area contributed by atoms with Crippen molar-refractivity contribution in [2.24, 2.45) is 7.05 Å². The normalized spacial score (nSPS) is 12.5. The number of nitrogens with one attached hydrogen (secondary N) is 1. The van der Waals surface area contributed by atoms with Gasteiger partial charge in [0.25, 0.3) is 12.0 Å². The number of hydrogen-bond donors (Lipinski definition) is 1. The van der Waals surface area contributed by atoms with Crippen LogP contribution in [0.2, 0.25) is 0 Å². The lowest BCUT2D eigenvalue weighted by Gasteiger charge is -2.21. The number of benzene rings is 1. The Bertz CT molecular complexity index is 1300. The van der Waals surface area contributed by atoms with E-state index in [0.717, 1.165) is 6.07 Å². The first kappa shape index (κ1) is 20.6. The van der Waals surface area contributed by atoms with Crippen LogP contribution in [-0.4, -0.2) is 24.3 Å². The molecule has 0 amide bonds. The van der Waals surface area contributed by atoms with Crippen LogP contribution in [0.1, 0.15) is 36.9 Å². The van der Waals surface area contributed by atoms with Crippen molar-refractivity contribution in [2.75, 3.05) is 5.32 Å². The highest BCUT2D eigenvalue weighted by molar-refractivity contribution is 5.88. The van der Waals surface area contributed by atoms with Gasteiger partial charge in [0.05, 0.1) is 34.4 Å². The van der Waals surface area contributed by atoms with Crippen molar-refractivity contribution in [3.05, 3.63) is 76.5 Å². The zero-order chi connectivity index (χ0) is 22.1. The molecule has 31 heavy (non-hydrogen) atoms. The van der Waals surface area contributed by atoms with E-state index >= 15 is 0 Å². The first-order chi connectivity index (χ1) is 14.9. The molecule has 1 N–H and O–H groups in total. The molecule has 0 spiro atoms. The first-order valence-electron chi connectivity index (χ1n) is 9.58. The van der Waals surface area contributed by atoms with Gasteiger partial charge < -0.3 is 5.32 Å². The van der Waals surface area contributed by atoms with Crippen molar-refractivity contribution in [2.45, 2.75) is 25.8 Å². The van der Waals surface area contributed by atoms with Crippen molar-refractivity contribution < 1.29 is 13.2 Å². The highest BCUT2D eigenvalue weighted by Gasteiger charge is 2.22. The van der Waals surface area contributed by atoms with E-state index in [1.165, 1.54) is 29.1 Å². The number of pyridine rings is 1. The molecule has 3 heterocycles. The van der Waals surface area contributed by atoms with E-state index in [9.17, 15) is 18.0 Å². The number of hydrogen-bond acceptors (Lipinski definition) is 5. The molecule has 0 fully saturated rings. The topological polar surface area (TPSA) is 77.6 Å². The predicted molar refractivity (Wildman–Crippen MR) is 110 cm³/mol. The summed E-state index contributed by atoms with van der Waals surface area (Å²) >= 11 is 0. The van der Waals surface area contributed by atoms with Gasteiger partial charge in [-0.2, -0.15) is 5.10 Å². The molecule has 1 atom stereocenters. The van der Waals surface area contributed by atoms with E-state index in [4.69, 9.17) is 0 Å². The minimum Gasteiger partial charge on any atom is -0.363 e. The smallest absolute Gasteiger partial charge is 0.266 e. The van der Waals surface area contributed by atoms with Gasteiger partial charge in [0.15, 0.2) is 0 Å². The molecule has 0 radical (unpaired) electrons. The van der Waals surface area contributed by atoms with Gasteiger partial charge in [0.2, 0.25) is 0 Å². The molecular weight excluding hydrogens is 409 g/mol. The number of anilines is 1. The van der Waals surface area contributed by atoms with Crippen LogP contribution in [-0.2, 0) is 7.05 Å². The van der Waals surface area contributed by atoms with Crippen molar-refractivity contribution in [3.8, 4) is 5.69 Å². The molecule has 1 aromatic carbocycles. The number of aromatic nitrogens is 5. The Morgan fingerprint density at radius 3 is 2.61 bits per heavy atom. The average Bonchev–Trinajstić information content (AvgIpc) is 3.17. The Hall–Kier alpha value is -3.69. The first-order valence-corrected chi connectivity index (χ1v) is 9.58. The highest BCUT2D eigenvalue weighted by atomic mass is 19.3. The highest BCUT2D eigenvalue weighted by Crippen LogP contribution is 2.31. The fraction of sp³-hybridized carbons (Fsp3) is 0.238. The Morgan fingerprint density at radius 1 is 1.16 bits per heavy atom. The summed E-state index contributed by atoms with van der Waals surface area (Å²) in [6.45, 7) is 1.81. The SMILES string of the molecule is CC[C@@H](Nc1ncnc2cc(=O)n(-c3cnn(C)c3)cc12)c1cccc(C(F)F)c1F. The quantitative estimate of drug-likeness (QED) is 0.499. The monoisotopic (exact) mass is 428 g/mol. The zero-order valence-corrected chi connectivity index (χ0v) is 16.8. The van der Waals surface area contributed by atoms with Gasteiger partial charge in [-0.3, -0.25) is 14.0 Å². The number of rotatable bonds is 6. The summed E-state index contributed by atoms with van der Waals surface area (Å²) in [4.78, 5) is 20.9. The Kier molecular flexibility index (Phi) is 5.45. The lowest BCUT2D eigenvalue weighted by atomic mass is 10.0. The maximum Gasteiger partial charge on any atom is 0.266 e. The number of alkyl halides is 2. The van der Waals surface area contributed by atoms with E-state index in [1.807, 2.05) is 0 Å². The molecule has 0 saturated carbocycles. The Morgan fingerprint density at radius 2 is 1.94 bits per heavy atom. The largest absolute Gasteiger partial charge is 0.363 e. The van der Waals surface area contributed by atoms with Crippen LogP contribution < -0.4 is 10.9 Å². The van der Waals surface area contributed by atoms with Crippen LogP contribution in [0.25, 0.3) is 16.6 Å². The van der Waals surface area contributed by atoms with Gasteiger partial charge in [-0.25, -0.2) is 23.1 Å². The summed E-state index contributed by atoms with van der Waals surface area (Å²) in [6, 6.07) is 4.70. The van der Waals surface area contributed by atoms with Crippen molar-refractivity contribution in [1.82, 2.24) is 24.3 Å². The van der Waals surface area contributed by atoms with E-state index in [1.54, 1.807) is 37.2 Å². The standard InChI is InChI=1S/C21H19F3N6O/c1-3-16(13-5-4-6-14(19(13)22)20(23)24)28-21-15-10-30(12-8-27-29(2)9-12)18(31)7-17(15)25-11-26-21/h4-11,16,20H,3H2,1-2H3,(H,25,26,28)/t16-/m1/s1. The van der Waals surface area contributed by atoms with Crippen molar-refractivity contribution in [3.63, 3.8) is 0 Å². The van der Waals surface area contributed by atoms with Gasteiger partial charge in [0.1, 0.15) is 18.0 Å². The van der Waals surface area contributed by atoms with Crippen LogP contribution in [0.3, 0.4) is 0 Å². The summed E-state index contributed by atoms with van der Waals surface area (Å²) in [6.07, 6.45) is 3.60. The predicted octanol–water partition coefficient (Wildman–Crippen LogP) is 4.15. The molecule has 0 unspecified atom stereocenters. The molecular formula is C21H19F3N6O. The second kappa shape index (κ2) is 8.21. The number of nitrogens with zero attached hydrogens (tertiary/aromatic N) is 5. The lowest BCUT2D eigenvalue weighted by Crippen LogP contribution is -2.18. The molecule has 4 rings (SSSR count). The van der Waals surface area contributed by atoms with E-state index in [2.05, 4.69) is 20.4 Å². The van der Waals surface area contributed by atoms with Gasteiger partial charge in [-0.15, -0.1) is 0 Å². The van der Waals surface area contributed by atoms with Crippen LogP contribution in [0.15, 0.2) is 54.0 Å². The maximum absolute atomic E-state index is 14.7. The summed E-state index contributed by atoms with van der Waals surface area (Å²) in [5.41, 5.74) is 0.141. The zero-order valence-electron chi connectivity index (χ0n) is 16.8. The molecule has 10 heteroatoms. The van der Waals surface area contributed by atoms with Gasteiger partial charge in [-0.05, 0) is 6.42 Å².